The molecule has 0 atom stereocenters. The summed E-state index contributed by atoms with van der Waals surface area (Å²) in [6, 6.07) is 9.27. The molecule has 0 radical (unpaired) electrons. The lowest BCUT2D eigenvalue weighted by Crippen LogP contribution is -2.62. The predicted octanol–water partition coefficient (Wildman–Crippen LogP) is 7.49. The van der Waals surface area contributed by atoms with Gasteiger partial charge in [-0.25, -0.2) is 0 Å². The molecule has 126 valence electrons. The van der Waals surface area contributed by atoms with Gasteiger partial charge in [0.15, 0.2) is 0 Å². The summed E-state index contributed by atoms with van der Waals surface area (Å²) in [5.41, 5.74) is 0. The molecule has 1 fully saturated rings. The van der Waals surface area contributed by atoms with Crippen LogP contribution in [0.15, 0.2) is 0 Å². The maximum absolute atomic E-state index is 2.55. The fourth-order valence-electron chi connectivity index (χ4n) is 6.41. The van der Waals surface area contributed by atoms with Gasteiger partial charge in [0.2, 0.25) is 0 Å². The maximum Gasteiger partial charge on any atom is 0.0563 e. The third-order valence-corrected chi connectivity index (χ3v) is 24.6. The average molecular weight is 327 g/mol. The van der Waals surface area contributed by atoms with E-state index in [0.717, 1.165) is 10.6 Å². The highest BCUT2D eigenvalue weighted by Gasteiger charge is 2.60. The molecule has 21 heavy (non-hydrogen) atoms. The van der Waals surface area contributed by atoms with E-state index in [1.807, 2.05) is 0 Å². The first-order valence-electron chi connectivity index (χ1n) is 9.96. The Labute approximate surface area is 137 Å². The van der Waals surface area contributed by atoms with Crippen LogP contribution in [0.2, 0.25) is 40.9 Å². The summed E-state index contributed by atoms with van der Waals surface area (Å²) in [7, 11) is -2.27. The molecule has 2 heteroatoms. The van der Waals surface area contributed by atoms with Gasteiger partial charge in [0.25, 0.3) is 0 Å². The van der Waals surface area contributed by atoms with Crippen molar-refractivity contribution in [3.8, 4) is 0 Å². The van der Waals surface area contributed by atoms with Crippen molar-refractivity contribution in [2.75, 3.05) is 0 Å². The lowest BCUT2D eigenvalue weighted by atomic mass is 9.90. The number of hydrogen-bond acceptors (Lipinski definition) is 0. The van der Waals surface area contributed by atoms with Crippen LogP contribution in [0.1, 0.15) is 74.1 Å². The molecule has 0 bridgehead atoms. The van der Waals surface area contributed by atoms with Gasteiger partial charge >= 0.3 is 0 Å². The minimum absolute atomic E-state index is 0.864. The SMILES string of the molecule is CC[Si](CC)(CC)C1([Si](CC)(CC)CC)CCC(C)CC1. The van der Waals surface area contributed by atoms with Crippen LogP contribution < -0.4 is 0 Å². The van der Waals surface area contributed by atoms with Crippen molar-refractivity contribution < 1.29 is 0 Å². The van der Waals surface area contributed by atoms with E-state index in [1.54, 1.807) is 49.1 Å². The molecule has 0 heterocycles. The largest absolute Gasteiger partial charge is 0.0678 e. The Morgan fingerprint density at radius 1 is 0.667 bits per heavy atom. The highest BCUT2D eigenvalue weighted by molar-refractivity contribution is 7.01. The molecule has 1 saturated carbocycles. The Hall–Kier alpha value is 0.434. The van der Waals surface area contributed by atoms with E-state index >= 15 is 0 Å². The summed E-state index contributed by atoms with van der Waals surface area (Å²) in [6.07, 6.45) is 6.28. The number of hydrogen-bond donors (Lipinski definition) is 0. The van der Waals surface area contributed by atoms with E-state index in [9.17, 15) is 0 Å². The number of rotatable bonds is 8. The molecule has 0 amide bonds. The van der Waals surface area contributed by atoms with Gasteiger partial charge in [0.1, 0.15) is 0 Å². The fraction of sp³-hybridized carbons (Fsp3) is 1.00. The molecule has 0 N–H and O–H groups in total. The van der Waals surface area contributed by atoms with Crippen molar-refractivity contribution in [2.24, 2.45) is 5.92 Å². The normalized spacial score (nSPS) is 20.7. The second-order valence-electron chi connectivity index (χ2n) is 7.95. The molecule has 0 unspecified atom stereocenters. The Morgan fingerprint density at radius 3 is 1.19 bits per heavy atom. The second-order valence-corrected chi connectivity index (χ2v) is 19.7. The minimum atomic E-state index is -1.13. The molecule has 0 aromatic rings. The minimum Gasteiger partial charge on any atom is -0.0678 e. The Bertz CT molecular complexity index is 256. The van der Waals surface area contributed by atoms with E-state index in [1.165, 1.54) is 12.8 Å². The van der Waals surface area contributed by atoms with Crippen molar-refractivity contribution in [2.45, 2.75) is 115 Å². The van der Waals surface area contributed by atoms with Crippen molar-refractivity contribution >= 4 is 16.1 Å². The molecule has 0 aromatic carbocycles. The van der Waals surface area contributed by atoms with Gasteiger partial charge in [-0.05, 0) is 10.6 Å². The maximum atomic E-state index is 2.55. The van der Waals surface area contributed by atoms with Crippen molar-refractivity contribution in [1.29, 1.82) is 0 Å². The van der Waals surface area contributed by atoms with Crippen molar-refractivity contribution in [3.63, 3.8) is 0 Å². The van der Waals surface area contributed by atoms with Gasteiger partial charge in [-0.3, -0.25) is 0 Å². The highest BCUT2D eigenvalue weighted by atomic mass is 28.4. The van der Waals surface area contributed by atoms with Crippen LogP contribution in [0.4, 0.5) is 0 Å². The summed E-state index contributed by atoms with van der Waals surface area (Å²) >= 11 is 0. The predicted molar refractivity (Wildman–Crippen MR) is 105 cm³/mol. The summed E-state index contributed by atoms with van der Waals surface area (Å²) in [6.45, 7) is 17.8. The summed E-state index contributed by atoms with van der Waals surface area (Å²) in [5, 5.41) is 0. The third kappa shape index (κ3) is 2.96. The summed E-state index contributed by atoms with van der Waals surface area (Å²) in [4.78, 5) is 0. The third-order valence-electron chi connectivity index (χ3n) is 8.22. The van der Waals surface area contributed by atoms with Gasteiger partial charge < -0.3 is 0 Å². The Morgan fingerprint density at radius 2 is 0.952 bits per heavy atom. The van der Waals surface area contributed by atoms with E-state index in [0.29, 0.717) is 0 Å². The Balaban J connectivity index is 3.42. The lowest BCUT2D eigenvalue weighted by molar-refractivity contribution is 0.342. The summed E-state index contributed by atoms with van der Waals surface area (Å²) in [5.74, 6) is 0.993. The summed E-state index contributed by atoms with van der Waals surface area (Å²) < 4.78 is 0.864. The van der Waals surface area contributed by atoms with E-state index < -0.39 is 16.1 Å². The molecule has 1 rings (SSSR count). The van der Waals surface area contributed by atoms with Crippen LogP contribution in [0.3, 0.4) is 0 Å². The Kier molecular flexibility index (Phi) is 7.25. The van der Waals surface area contributed by atoms with Crippen molar-refractivity contribution in [1.82, 2.24) is 0 Å². The standard InChI is InChI=1S/C19H42Si2/c1-8-20(9-2,10-3)19(16-14-18(7)15-17-19)21(11-4,12-5)13-6/h18H,8-17H2,1-7H3. The van der Waals surface area contributed by atoms with Gasteiger partial charge in [-0.15, -0.1) is 0 Å². The molecule has 0 saturated heterocycles. The smallest absolute Gasteiger partial charge is 0.0563 e. The topological polar surface area (TPSA) is 0 Å². The van der Waals surface area contributed by atoms with Crippen LogP contribution in [0.5, 0.6) is 0 Å². The molecule has 0 spiro atoms. The van der Waals surface area contributed by atoms with Crippen LogP contribution in [0, 0.1) is 5.92 Å². The highest BCUT2D eigenvalue weighted by Crippen LogP contribution is 2.64. The van der Waals surface area contributed by atoms with Crippen LogP contribution in [0.25, 0.3) is 0 Å². The molecule has 1 aliphatic carbocycles. The average Bonchev–Trinajstić information content (AvgIpc) is 2.54. The first-order chi connectivity index (χ1) is 9.96. The van der Waals surface area contributed by atoms with Crippen molar-refractivity contribution in [3.05, 3.63) is 0 Å². The van der Waals surface area contributed by atoms with E-state index in [2.05, 4.69) is 48.5 Å². The van der Waals surface area contributed by atoms with Gasteiger partial charge in [0.05, 0.1) is 16.1 Å². The van der Waals surface area contributed by atoms with Gasteiger partial charge in [-0.1, -0.05) is 110 Å². The first-order valence-corrected chi connectivity index (χ1v) is 15.2. The molecular weight excluding hydrogens is 284 g/mol. The first kappa shape index (κ1) is 19.5. The second kappa shape index (κ2) is 7.81. The molecule has 0 nitrogen and oxygen atoms in total. The molecule has 0 aliphatic heterocycles. The van der Waals surface area contributed by atoms with Gasteiger partial charge in [0, 0.05) is 0 Å². The van der Waals surface area contributed by atoms with Crippen LogP contribution in [-0.2, 0) is 0 Å². The van der Waals surface area contributed by atoms with E-state index in [4.69, 9.17) is 0 Å². The molecular formula is C19H42Si2. The zero-order valence-corrected chi connectivity index (χ0v) is 18.1. The quantitative estimate of drug-likeness (QED) is 0.405. The fourth-order valence-corrected chi connectivity index (χ4v) is 23.8. The lowest BCUT2D eigenvalue weighted by Gasteiger charge is -2.61. The zero-order chi connectivity index (χ0) is 16.1. The van der Waals surface area contributed by atoms with Crippen LogP contribution >= 0.6 is 0 Å². The van der Waals surface area contributed by atoms with Gasteiger partial charge in [-0.2, -0.15) is 0 Å². The van der Waals surface area contributed by atoms with E-state index in [-0.39, 0.29) is 0 Å². The zero-order valence-electron chi connectivity index (χ0n) is 16.1. The molecule has 0 aromatic heterocycles. The molecule has 1 aliphatic rings. The monoisotopic (exact) mass is 326 g/mol. The van der Waals surface area contributed by atoms with Crippen LogP contribution in [-0.4, -0.2) is 16.1 Å².